The summed E-state index contributed by atoms with van der Waals surface area (Å²) in [6, 6.07) is 5.27. The molecule has 2 fully saturated rings. The molecule has 27 heavy (non-hydrogen) atoms. The third-order valence-electron chi connectivity index (χ3n) is 4.52. The summed E-state index contributed by atoms with van der Waals surface area (Å²) >= 11 is 5.26. The van der Waals surface area contributed by atoms with Gasteiger partial charge in [-0.05, 0) is 61.7 Å². The Morgan fingerprint density at radius 2 is 2.26 bits per heavy atom. The number of aromatic nitrogens is 3. The molecule has 4 rings (SSSR count). The molecule has 0 radical (unpaired) electrons. The predicted octanol–water partition coefficient (Wildman–Crippen LogP) is 3.00. The van der Waals surface area contributed by atoms with Gasteiger partial charge in [0.2, 0.25) is 4.77 Å². The topological polar surface area (TPSA) is 90.7 Å². The molecule has 2 heterocycles. The molecule has 9 heteroatoms. The molecular formula is C18H20N4O4S. The van der Waals surface area contributed by atoms with Crippen LogP contribution in [0.3, 0.4) is 0 Å². The number of hydrogen-bond donors (Lipinski definition) is 1. The van der Waals surface area contributed by atoms with E-state index in [0.717, 1.165) is 31.2 Å². The van der Waals surface area contributed by atoms with Gasteiger partial charge in [-0.15, -0.1) is 0 Å². The Kier molecular flexibility index (Phi) is 5.04. The second-order valence-corrected chi connectivity index (χ2v) is 6.94. The van der Waals surface area contributed by atoms with Crippen LogP contribution < -0.4 is 9.47 Å². The molecule has 142 valence electrons. The SMILES string of the molecule is COc1cc(/C=N\n2c([C@H]3CCCO3)n[nH]c2=S)ccc1OC(=O)C1CC1. The number of benzene rings is 1. The number of nitrogens with one attached hydrogen (secondary N) is 1. The molecule has 1 atom stereocenters. The third-order valence-corrected chi connectivity index (χ3v) is 4.79. The van der Waals surface area contributed by atoms with Gasteiger partial charge in [-0.2, -0.15) is 14.9 Å². The number of aromatic amines is 1. The van der Waals surface area contributed by atoms with Crippen LogP contribution in [-0.4, -0.2) is 40.8 Å². The minimum absolute atomic E-state index is 0.0233. The average Bonchev–Trinajstić information content (AvgIpc) is 3.27. The van der Waals surface area contributed by atoms with Crippen molar-refractivity contribution in [2.45, 2.75) is 31.8 Å². The van der Waals surface area contributed by atoms with Gasteiger partial charge < -0.3 is 14.2 Å². The summed E-state index contributed by atoms with van der Waals surface area (Å²) < 4.78 is 18.4. The van der Waals surface area contributed by atoms with Crippen molar-refractivity contribution in [2.75, 3.05) is 13.7 Å². The Labute approximate surface area is 161 Å². The monoisotopic (exact) mass is 388 g/mol. The van der Waals surface area contributed by atoms with E-state index in [1.807, 2.05) is 0 Å². The van der Waals surface area contributed by atoms with Gasteiger partial charge in [0.25, 0.3) is 0 Å². The zero-order valence-electron chi connectivity index (χ0n) is 14.9. The van der Waals surface area contributed by atoms with Crippen LogP contribution in [-0.2, 0) is 9.53 Å². The second kappa shape index (κ2) is 7.61. The molecule has 0 unspecified atom stereocenters. The second-order valence-electron chi connectivity index (χ2n) is 6.55. The van der Waals surface area contributed by atoms with E-state index in [1.165, 1.54) is 7.11 Å². The number of ether oxygens (including phenoxy) is 3. The van der Waals surface area contributed by atoms with Crippen LogP contribution in [0.1, 0.15) is 43.2 Å². The van der Waals surface area contributed by atoms with Crippen molar-refractivity contribution in [3.8, 4) is 11.5 Å². The van der Waals surface area contributed by atoms with E-state index >= 15 is 0 Å². The fourth-order valence-electron chi connectivity index (χ4n) is 2.89. The highest BCUT2D eigenvalue weighted by molar-refractivity contribution is 7.71. The molecule has 1 saturated carbocycles. The lowest BCUT2D eigenvalue weighted by Gasteiger charge is -2.10. The van der Waals surface area contributed by atoms with E-state index in [1.54, 1.807) is 29.1 Å². The van der Waals surface area contributed by atoms with Crippen molar-refractivity contribution in [2.24, 2.45) is 11.0 Å². The summed E-state index contributed by atoms with van der Waals surface area (Å²) in [6.07, 6.45) is 5.22. The van der Waals surface area contributed by atoms with E-state index < -0.39 is 0 Å². The highest BCUT2D eigenvalue weighted by Gasteiger charge is 2.32. The van der Waals surface area contributed by atoms with Gasteiger partial charge in [-0.25, -0.2) is 0 Å². The maximum atomic E-state index is 11.9. The summed E-state index contributed by atoms with van der Waals surface area (Å²) in [7, 11) is 1.53. The summed E-state index contributed by atoms with van der Waals surface area (Å²) in [5.74, 6) is 1.36. The van der Waals surface area contributed by atoms with Crippen molar-refractivity contribution in [3.63, 3.8) is 0 Å². The smallest absolute Gasteiger partial charge is 0.314 e. The molecule has 8 nitrogen and oxygen atoms in total. The Hall–Kier alpha value is -2.52. The first-order chi connectivity index (χ1) is 13.2. The number of carbonyl (C=O) groups excluding carboxylic acids is 1. The van der Waals surface area contributed by atoms with E-state index in [0.29, 0.717) is 28.7 Å². The lowest BCUT2D eigenvalue weighted by atomic mass is 10.2. The van der Waals surface area contributed by atoms with E-state index in [4.69, 9.17) is 26.4 Å². The van der Waals surface area contributed by atoms with Gasteiger partial charge in [-0.1, -0.05) is 0 Å². The molecule has 0 spiro atoms. The Morgan fingerprint density at radius 3 is 2.96 bits per heavy atom. The Bertz CT molecular complexity index is 926. The minimum atomic E-state index is -0.208. The summed E-state index contributed by atoms with van der Waals surface area (Å²) in [5.41, 5.74) is 0.777. The van der Waals surface area contributed by atoms with Crippen LogP contribution in [0.5, 0.6) is 11.5 Å². The maximum absolute atomic E-state index is 11.9. The van der Waals surface area contributed by atoms with Gasteiger partial charge in [0.05, 0.1) is 19.2 Å². The van der Waals surface area contributed by atoms with Crippen molar-refractivity contribution >= 4 is 24.4 Å². The normalized spacial score (nSPS) is 19.5. The van der Waals surface area contributed by atoms with Gasteiger partial charge in [0.15, 0.2) is 17.3 Å². The van der Waals surface area contributed by atoms with Crippen LogP contribution in [0.4, 0.5) is 0 Å². The standard InChI is InChI=1S/C18H20N4O4S/c1-24-15-9-11(4-7-13(15)26-17(23)12-5-6-12)10-19-22-16(20-21-18(22)27)14-3-2-8-25-14/h4,7,9-10,12,14H,2-3,5-6,8H2,1H3,(H,21,27)/b19-10-/t14-/m1/s1. The number of rotatable bonds is 6. The number of carbonyl (C=O) groups is 1. The first-order valence-electron chi connectivity index (χ1n) is 8.88. The van der Waals surface area contributed by atoms with Gasteiger partial charge in [0.1, 0.15) is 6.10 Å². The largest absolute Gasteiger partial charge is 0.493 e. The number of hydrogen-bond acceptors (Lipinski definition) is 7. The van der Waals surface area contributed by atoms with Crippen LogP contribution in [0.25, 0.3) is 0 Å². The predicted molar refractivity (Wildman–Crippen MR) is 99.7 cm³/mol. The van der Waals surface area contributed by atoms with Gasteiger partial charge >= 0.3 is 5.97 Å². The van der Waals surface area contributed by atoms with Crippen LogP contribution in [0.2, 0.25) is 0 Å². The number of nitrogens with zero attached hydrogens (tertiary/aromatic N) is 3. The zero-order chi connectivity index (χ0) is 18.8. The van der Waals surface area contributed by atoms with Crippen molar-refractivity contribution in [3.05, 3.63) is 34.4 Å². The molecule has 1 aliphatic carbocycles. The summed E-state index contributed by atoms with van der Waals surface area (Å²) in [6.45, 7) is 0.715. The lowest BCUT2D eigenvalue weighted by molar-refractivity contribution is -0.135. The molecule has 1 N–H and O–H groups in total. The summed E-state index contributed by atoms with van der Waals surface area (Å²) in [5, 5.41) is 11.4. The number of esters is 1. The fraction of sp³-hybridized carbons (Fsp3) is 0.444. The highest BCUT2D eigenvalue weighted by atomic mass is 32.1. The molecule has 1 aromatic heterocycles. The number of H-pyrrole nitrogens is 1. The fourth-order valence-corrected chi connectivity index (χ4v) is 3.08. The molecule has 1 aliphatic heterocycles. The Balaban J connectivity index is 1.55. The van der Waals surface area contributed by atoms with Crippen LogP contribution in [0, 0.1) is 10.7 Å². The molecule has 1 saturated heterocycles. The Morgan fingerprint density at radius 1 is 1.41 bits per heavy atom. The van der Waals surface area contributed by atoms with E-state index in [2.05, 4.69) is 15.3 Å². The maximum Gasteiger partial charge on any atom is 0.314 e. The molecule has 2 aliphatic rings. The van der Waals surface area contributed by atoms with Crippen molar-refractivity contribution < 1.29 is 19.0 Å². The average molecular weight is 388 g/mol. The molecule has 1 aromatic carbocycles. The molecule has 2 aromatic rings. The highest BCUT2D eigenvalue weighted by Crippen LogP contribution is 2.34. The summed E-state index contributed by atoms with van der Waals surface area (Å²) in [4.78, 5) is 11.9. The van der Waals surface area contributed by atoms with Crippen LogP contribution in [0.15, 0.2) is 23.3 Å². The van der Waals surface area contributed by atoms with Crippen molar-refractivity contribution in [1.29, 1.82) is 0 Å². The van der Waals surface area contributed by atoms with Gasteiger partial charge in [0, 0.05) is 6.61 Å². The first-order valence-corrected chi connectivity index (χ1v) is 9.29. The third kappa shape index (κ3) is 3.93. The first kappa shape index (κ1) is 17.9. The van der Waals surface area contributed by atoms with E-state index in [-0.39, 0.29) is 18.0 Å². The quantitative estimate of drug-likeness (QED) is 0.354. The van der Waals surface area contributed by atoms with Crippen LogP contribution >= 0.6 is 12.2 Å². The lowest BCUT2D eigenvalue weighted by Crippen LogP contribution is -2.10. The molecule has 0 amide bonds. The van der Waals surface area contributed by atoms with Crippen molar-refractivity contribution in [1.82, 2.24) is 14.9 Å². The zero-order valence-corrected chi connectivity index (χ0v) is 15.7. The molecular weight excluding hydrogens is 368 g/mol. The number of methoxy groups -OCH3 is 1. The van der Waals surface area contributed by atoms with Gasteiger partial charge in [-0.3, -0.25) is 9.89 Å². The van der Waals surface area contributed by atoms with E-state index in [9.17, 15) is 4.79 Å². The molecule has 0 bridgehead atoms. The minimum Gasteiger partial charge on any atom is -0.493 e.